The second-order valence-electron chi connectivity index (χ2n) is 4.09. The fraction of sp³-hybridized carbons (Fsp3) is 0.214. The Kier molecular flexibility index (Phi) is 4.62. The average Bonchev–Trinajstić information content (AvgIpc) is 2.52. The van der Waals surface area contributed by atoms with Crippen LogP contribution in [-0.2, 0) is 13.1 Å². The number of hydrogen-bond acceptors (Lipinski definition) is 5. The van der Waals surface area contributed by atoms with Gasteiger partial charge in [0, 0.05) is 36.6 Å². The molecule has 20 heavy (non-hydrogen) atoms. The van der Waals surface area contributed by atoms with E-state index < -0.39 is 0 Å². The maximum atomic E-state index is 12.0. The minimum Gasteiger partial charge on any atom is -0.481 e. The Morgan fingerprint density at radius 3 is 2.95 bits per heavy atom. The van der Waals surface area contributed by atoms with Crippen LogP contribution in [0.3, 0.4) is 0 Å². The van der Waals surface area contributed by atoms with E-state index >= 15 is 0 Å². The molecule has 104 valence electrons. The molecule has 6 heteroatoms. The molecule has 3 N–H and O–H groups in total. The van der Waals surface area contributed by atoms with Gasteiger partial charge in [0.05, 0.1) is 12.8 Å². The van der Waals surface area contributed by atoms with Crippen molar-refractivity contribution in [2.45, 2.75) is 13.1 Å². The first kappa shape index (κ1) is 14.0. The first-order valence-electron chi connectivity index (χ1n) is 6.15. The van der Waals surface area contributed by atoms with Gasteiger partial charge in [-0.25, -0.2) is 4.98 Å². The van der Waals surface area contributed by atoms with E-state index in [-0.39, 0.29) is 5.91 Å². The van der Waals surface area contributed by atoms with Gasteiger partial charge in [-0.3, -0.25) is 9.78 Å². The van der Waals surface area contributed by atoms with Crippen LogP contribution in [0, 0.1) is 0 Å². The molecule has 0 aliphatic heterocycles. The van der Waals surface area contributed by atoms with Gasteiger partial charge in [-0.2, -0.15) is 0 Å². The Bertz CT molecular complexity index is 601. The van der Waals surface area contributed by atoms with Gasteiger partial charge in [0.15, 0.2) is 0 Å². The van der Waals surface area contributed by atoms with Crippen molar-refractivity contribution in [2.75, 3.05) is 7.11 Å². The fourth-order valence-corrected chi connectivity index (χ4v) is 1.75. The van der Waals surface area contributed by atoms with Gasteiger partial charge in [-0.1, -0.05) is 6.07 Å². The van der Waals surface area contributed by atoms with E-state index in [1.54, 1.807) is 37.7 Å². The summed E-state index contributed by atoms with van der Waals surface area (Å²) in [5.41, 5.74) is 7.53. The standard InChI is InChI=1S/C14H16N4O2/c1-20-14-11(3-2-5-17-14)9-18-13(19)10-4-6-16-12(7-10)8-15/h2-7H,8-9,15H2,1H3,(H,18,19). The van der Waals surface area contributed by atoms with Crippen LogP contribution in [0.4, 0.5) is 0 Å². The van der Waals surface area contributed by atoms with Crippen molar-refractivity contribution in [3.8, 4) is 5.88 Å². The monoisotopic (exact) mass is 272 g/mol. The number of nitrogens with two attached hydrogens (primary N) is 1. The van der Waals surface area contributed by atoms with Gasteiger partial charge in [0.1, 0.15) is 0 Å². The van der Waals surface area contributed by atoms with E-state index in [0.717, 1.165) is 5.56 Å². The van der Waals surface area contributed by atoms with Crippen LogP contribution < -0.4 is 15.8 Å². The van der Waals surface area contributed by atoms with Crippen LogP contribution in [0.25, 0.3) is 0 Å². The molecule has 2 heterocycles. The molecular formula is C14H16N4O2. The number of hydrogen-bond donors (Lipinski definition) is 2. The number of amides is 1. The van der Waals surface area contributed by atoms with Gasteiger partial charge in [0.2, 0.25) is 5.88 Å². The van der Waals surface area contributed by atoms with E-state index in [1.807, 2.05) is 6.07 Å². The van der Waals surface area contributed by atoms with E-state index in [4.69, 9.17) is 10.5 Å². The topological polar surface area (TPSA) is 90.1 Å². The van der Waals surface area contributed by atoms with Crippen LogP contribution in [0.2, 0.25) is 0 Å². The molecule has 2 aromatic rings. The van der Waals surface area contributed by atoms with E-state index in [0.29, 0.717) is 30.2 Å². The number of pyridine rings is 2. The summed E-state index contributed by atoms with van der Waals surface area (Å²) in [5.74, 6) is 0.318. The number of aromatic nitrogens is 2. The molecule has 0 bridgehead atoms. The highest BCUT2D eigenvalue weighted by atomic mass is 16.5. The zero-order valence-electron chi connectivity index (χ0n) is 11.2. The van der Waals surface area contributed by atoms with Crippen LogP contribution in [-0.4, -0.2) is 23.0 Å². The third-order valence-electron chi connectivity index (χ3n) is 2.77. The molecule has 0 saturated carbocycles. The van der Waals surface area contributed by atoms with Crippen LogP contribution >= 0.6 is 0 Å². The molecule has 0 spiro atoms. The quantitative estimate of drug-likeness (QED) is 0.843. The molecule has 0 atom stereocenters. The lowest BCUT2D eigenvalue weighted by molar-refractivity contribution is 0.0950. The minimum absolute atomic E-state index is 0.187. The predicted octanol–water partition coefficient (Wildman–Crippen LogP) is 0.874. The predicted molar refractivity (Wildman–Crippen MR) is 74.1 cm³/mol. The van der Waals surface area contributed by atoms with Gasteiger partial charge >= 0.3 is 0 Å². The second-order valence-corrected chi connectivity index (χ2v) is 4.09. The minimum atomic E-state index is -0.187. The maximum absolute atomic E-state index is 12.0. The van der Waals surface area contributed by atoms with Gasteiger partial charge in [-0.15, -0.1) is 0 Å². The Labute approximate surface area is 117 Å². The Balaban J connectivity index is 2.04. The molecule has 1 amide bonds. The molecule has 0 aliphatic carbocycles. The largest absolute Gasteiger partial charge is 0.481 e. The Hall–Kier alpha value is -2.47. The highest BCUT2D eigenvalue weighted by Crippen LogP contribution is 2.13. The molecular weight excluding hydrogens is 256 g/mol. The molecule has 0 radical (unpaired) electrons. The van der Waals surface area contributed by atoms with Gasteiger partial charge < -0.3 is 15.8 Å². The third kappa shape index (κ3) is 3.30. The first-order valence-corrected chi connectivity index (χ1v) is 6.15. The number of carbonyl (C=O) groups is 1. The van der Waals surface area contributed by atoms with Gasteiger partial charge in [-0.05, 0) is 18.2 Å². The molecule has 0 unspecified atom stereocenters. The zero-order valence-corrected chi connectivity index (χ0v) is 11.2. The summed E-state index contributed by atoms with van der Waals surface area (Å²) < 4.78 is 5.13. The highest BCUT2D eigenvalue weighted by molar-refractivity contribution is 5.94. The fourth-order valence-electron chi connectivity index (χ4n) is 1.75. The second kappa shape index (κ2) is 6.63. The summed E-state index contributed by atoms with van der Waals surface area (Å²) in [4.78, 5) is 20.2. The van der Waals surface area contributed by atoms with Crippen molar-refractivity contribution in [3.05, 3.63) is 53.5 Å². The number of methoxy groups -OCH3 is 1. The van der Waals surface area contributed by atoms with Crippen LogP contribution in [0.5, 0.6) is 5.88 Å². The van der Waals surface area contributed by atoms with Crippen LogP contribution in [0.15, 0.2) is 36.7 Å². The van der Waals surface area contributed by atoms with Crippen LogP contribution in [0.1, 0.15) is 21.6 Å². The zero-order chi connectivity index (χ0) is 14.4. The summed E-state index contributed by atoms with van der Waals surface area (Å²) in [7, 11) is 1.55. The lowest BCUT2D eigenvalue weighted by atomic mass is 10.2. The molecule has 6 nitrogen and oxygen atoms in total. The Morgan fingerprint density at radius 2 is 2.20 bits per heavy atom. The molecule has 0 saturated heterocycles. The van der Waals surface area contributed by atoms with E-state index in [9.17, 15) is 4.79 Å². The van der Waals surface area contributed by atoms with E-state index in [1.165, 1.54) is 0 Å². The number of nitrogens with zero attached hydrogens (tertiary/aromatic N) is 2. The Morgan fingerprint density at radius 1 is 1.35 bits per heavy atom. The highest BCUT2D eigenvalue weighted by Gasteiger charge is 2.08. The van der Waals surface area contributed by atoms with Crippen molar-refractivity contribution < 1.29 is 9.53 Å². The third-order valence-corrected chi connectivity index (χ3v) is 2.77. The average molecular weight is 272 g/mol. The van der Waals surface area contributed by atoms with Crippen molar-refractivity contribution in [3.63, 3.8) is 0 Å². The van der Waals surface area contributed by atoms with Crippen molar-refractivity contribution in [1.29, 1.82) is 0 Å². The number of nitrogens with one attached hydrogen (secondary N) is 1. The number of carbonyl (C=O) groups excluding carboxylic acids is 1. The summed E-state index contributed by atoms with van der Waals surface area (Å²) in [5, 5.41) is 2.81. The lowest BCUT2D eigenvalue weighted by Crippen LogP contribution is -2.23. The molecule has 0 fully saturated rings. The number of rotatable bonds is 5. The molecule has 0 aliphatic rings. The molecule has 2 rings (SSSR count). The summed E-state index contributed by atoms with van der Waals surface area (Å²) in [6.07, 6.45) is 3.21. The summed E-state index contributed by atoms with van der Waals surface area (Å²) >= 11 is 0. The summed E-state index contributed by atoms with van der Waals surface area (Å²) in [6.45, 7) is 0.647. The van der Waals surface area contributed by atoms with Crippen molar-refractivity contribution >= 4 is 5.91 Å². The smallest absolute Gasteiger partial charge is 0.251 e. The van der Waals surface area contributed by atoms with Crippen molar-refractivity contribution in [2.24, 2.45) is 5.73 Å². The summed E-state index contributed by atoms with van der Waals surface area (Å²) in [6, 6.07) is 6.97. The first-order chi connectivity index (χ1) is 9.74. The molecule has 0 aromatic carbocycles. The van der Waals surface area contributed by atoms with Crippen molar-refractivity contribution in [1.82, 2.24) is 15.3 Å². The molecule has 2 aromatic heterocycles. The van der Waals surface area contributed by atoms with Gasteiger partial charge in [0.25, 0.3) is 5.91 Å². The lowest BCUT2D eigenvalue weighted by Gasteiger charge is -2.09. The SMILES string of the molecule is COc1ncccc1CNC(=O)c1ccnc(CN)c1. The number of ether oxygens (including phenoxy) is 1. The normalized spacial score (nSPS) is 10.1. The van der Waals surface area contributed by atoms with E-state index in [2.05, 4.69) is 15.3 Å². The maximum Gasteiger partial charge on any atom is 0.251 e.